The molecule has 2 rings (SSSR count). The molecule has 17 heavy (non-hydrogen) atoms. The molecule has 0 atom stereocenters. The van der Waals surface area contributed by atoms with Gasteiger partial charge in [-0.25, -0.2) is 4.39 Å². The molecule has 0 amide bonds. The van der Waals surface area contributed by atoms with E-state index in [2.05, 4.69) is 5.32 Å². The molecule has 0 spiro atoms. The van der Waals surface area contributed by atoms with E-state index in [0.29, 0.717) is 18.2 Å². The van der Waals surface area contributed by atoms with E-state index in [9.17, 15) is 17.6 Å². The smallest absolute Gasteiger partial charge is 0.310 e. The van der Waals surface area contributed by atoms with E-state index in [1.165, 1.54) is 12.5 Å². The quantitative estimate of drug-likeness (QED) is 0.806. The third-order valence-electron chi connectivity index (χ3n) is 3.04. The van der Waals surface area contributed by atoms with Crippen LogP contribution >= 0.6 is 0 Å². The standard InChI is InChI=1S/C12H13F4N/c13-11-6-8(7-17-9-2-1-3-9)4-5-10(11)12(14,15)16/h4-6,9,17H,1-3,7H2. The average molecular weight is 247 g/mol. The summed E-state index contributed by atoms with van der Waals surface area (Å²) < 4.78 is 50.1. The fraction of sp³-hybridized carbons (Fsp3) is 0.500. The minimum Gasteiger partial charge on any atom is -0.310 e. The summed E-state index contributed by atoms with van der Waals surface area (Å²) in [6.45, 7) is 0.416. The zero-order chi connectivity index (χ0) is 12.5. The number of benzene rings is 1. The normalized spacial score (nSPS) is 16.9. The van der Waals surface area contributed by atoms with E-state index in [-0.39, 0.29) is 0 Å². The van der Waals surface area contributed by atoms with E-state index in [4.69, 9.17) is 0 Å². The molecule has 94 valence electrons. The molecule has 1 aliphatic rings. The van der Waals surface area contributed by atoms with Gasteiger partial charge in [0.15, 0.2) is 0 Å². The summed E-state index contributed by atoms with van der Waals surface area (Å²) in [7, 11) is 0. The van der Waals surface area contributed by atoms with Crippen molar-refractivity contribution in [2.75, 3.05) is 0 Å². The van der Waals surface area contributed by atoms with Crippen LogP contribution in [0, 0.1) is 5.82 Å². The predicted octanol–water partition coefficient (Wildman–Crippen LogP) is 3.49. The van der Waals surface area contributed by atoms with Gasteiger partial charge in [-0.05, 0) is 30.5 Å². The highest BCUT2D eigenvalue weighted by molar-refractivity contribution is 5.26. The monoisotopic (exact) mass is 247 g/mol. The Kier molecular flexibility index (Phi) is 3.38. The van der Waals surface area contributed by atoms with Crippen molar-refractivity contribution in [2.45, 2.75) is 38.0 Å². The highest BCUT2D eigenvalue weighted by Gasteiger charge is 2.33. The van der Waals surface area contributed by atoms with Gasteiger partial charge < -0.3 is 5.32 Å². The van der Waals surface area contributed by atoms with Crippen molar-refractivity contribution in [1.29, 1.82) is 0 Å². The Bertz CT molecular complexity index is 396. The molecule has 0 aromatic heterocycles. The fourth-order valence-corrected chi connectivity index (χ4v) is 1.77. The average Bonchev–Trinajstić information content (AvgIpc) is 2.13. The molecule has 0 unspecified atom stereocenters. The number of rotatable bonds is 3. The van der Waals surface area contributed by atoms with Crippen LogP contribution in [0.5, 0.6) is 0 Å². The second-order valence-electron chi connectivity index (χ2n) is 4.32. The van der Waals surface area contributed by atoms with Crippen LogP contribution in [0.15, 0.2) is 18.2 Å². The number of halogens is 4. The van der Waals surface area contributed by atoms with E-state index >= 15 is 0 Å². The van der Waals surface area contributed by atoms with Gasteiger partial charge in [0.2, 0.25) is 0 Å². The van der Waals surface area contributed by atoms with Gasteiger partial charge in [-0.3, -0.25) is 0 Å². The molecule has 1 aliphatic carbocycles. The number of hydrogen-bond acceptors (Lipinski definition) is 1. The Morgan fingerprint density at radius 2 is 1.94 bits per heavy atom. The molecule has 1 aromatic carbocycles. The molecule has 1 fully saturated rings. The summed E-state index contributed by atoms with van der Waals surface area (Å²) in [5.41, 5.74) is -0.660. The third-order valence-corrected chi connectivity index (χ3v) is 3.04. The Morgan fingerprint density at radius 3 is 2.41 bits per heavy atom. The summed E-state index contributed by atoms with van der Waals surface area (Å²) >= 11 is 0. The van der Waals surface area contributed by atoms with Crippen LogP contribution in [0.25, 0.3) is 0 Å². The van der Waals surface area contributed by atoms with Gasteiger partial charge in [-0.1, -0.05) is 12.5 Å². The lowest BCUT2D eigenvalue weighted by atomic mass is 9.93. The van der Waals surface area contributed by atoms with Gasteiger partial charge in [0.1, 0.15) is 5.82 Å². The van der Waals surface area contributed by atoms with Crippen molar-refractivity contribution in [3.63, 3.8) is 0 Å². The second kappa shape index (κ2) is 4.64. The first-order valence-corrected chi connectivity index (χ1v) is 5.56. The van der Waals surface area contributed by atoms with Gasteiger partial charge in [-0.2, -0.15) is 13.2 Å². The first-order chi connectivity index (χ1) is 7.97. The topological polar surface area (TPSA) is 12.0 Å². The summed E-state index contributed by atoms with van der Waals surface area (Å²) in [5, 5.41) is 3.17. The Balaban J connectivity index is 2.02. The Hall–Kier alpha value is -1.10. The SMILES string of the molecule is Fc1cc(CNC2CCC2)ccc1C(F)(F)F. The maximum Gasteiger partial charge on any atom is 0.419 e. The number of alkyl halides is 3. The van der Waals surface area contributed by atoms with Crippen molar-refractivity contribution in [3.05, 3.63) is 35.1 Å². The zero-order valence-corrected chi connectivity index (χ0v) is 9.15. The van der Waals surface area contributed by atoms with Crippen molar-refractivity contribution in [3.8, 4) is 0 Å². The van der Waals surface area contributed by atoms with Gasteiger partial charge >= 0.3 is 6.18 Å². The molecule has 0 aliphatic heterocycles. The van der Waals surface area contributed by atoms with Crippen molar-refractivity contribution in [1.82, 2.24) is 5.32 Å². The molecule has 5 heteroatoms. The van der Waals surface area contributed by atoms with Crippen LogP contribution in [0.3, 0.4) is 0 Å². The molecule has 1 nitrogen and oxygen atoms in total. The molecular weight excluding hydrogens is 234 g/mol. The first-order valence-electron chi connectivity index (χ1n) is 5.56. The zero-order valence-electron chi connectivity index (χ0n) is 9.15. The minimum absolute atomic E-state index is 0.416. The van der Waals surface area contributed by atoms with Crippen molar-refractivity contribution < 1.29 is 17.6 Å². The first kappa shape index (κ1) is 12.4. The molecule has 1 aromatic rings. The maximum absolute atomic E-state index is 13.2. The third kappa shape index (κ3) is 2.97. The lowest BCUT2D eigenvalue weighted by Gasteiger charge is -2.26. The van der Waals surface area contributed by atoms with Crippen LogP contribution in [-0.2, 0) is 12.7 Å². The molecule has 0 radical (unpaired) electrons. The highest BCUT2D eigenvalue weighted by atomic mass is 19.4. The largest absolute Gasteiger partial charge is 0.419 e. The summed E-state index contributed by atoms with van der Waals surface area (Å²) in [6.07, 6.45) is -1.27. The molecular formula is C12H13F4N. The lowest BCUT2D eigenvalue weighted by molar-refractivity contribution is -0.140. The lowest BCUT2D eigenvalue weighted by Crippen LogP contribution is -2.34. The molecule has 0 saturated heterocycles. The summed E-state index contributed by atoms with van der Waals surface area (Å²) in [4.78, 5) is 0. The molecule has 1 saturated carbocycles. The van der Waals surface area contributed by atoms with Gasteiger partial charge in [0.25, 0.3) is 0 Å². The van der Waals surface area contributed by atoms with E-state index in [0.717, 1.165) is 25.0 Å². The predicted molar refractivity (Wildman–Crippen MR) is 55.9 cm³/mol. The van der Waals surface area contributed by atoms with Gasteiger partial charge in [0, 0.05) is 12.6 Å². The van der Waals surface area contributed by atoms with E-state index in [1.54, 1.807) is 0 Å². The summed E-state index contributed by atoms with van der Waals surface area (Å²) in [6, 6.07) is 3.50. The second-order valence-corrected chi connectivity index (χ2v) is 4.32. The van der Waals surface area contributed by atoms with Gasteiger partial charge in [0.05, 0.1) is 5.56 Å². The van der Waals surface area contributed by atoms with E-state index < -0.39 is 17.6 Å². The Morgan fingerprint density at radius 1 is 1.24 bits per heavy atom. The highest BCUT2D eigenvalue weighted by Crippen LogP contribution is 2.31. The number of hydrogen-bond donors (Lipinski definition) is 1. The Labute approximate surface area is 96.8 Å². The van der Waals surface area contributed by atoms with Crippen molar-refractivity contribution >= 4 is 0 Å². The van der Waals surface area contributed by atoms with Gasteiger partial charge in [-0.15, -0.1) is 0 Å². The van der Waals surface area contributed by atoms with Crippen LogP contribution < -0.4 is 5.32 Å². The minimum atomic E-state index is -4.62. The maximum atomic E-state index is 13.2. The molecule has 1 N–H and O–H groups in total. The molecule has 0 bridgehead atoms. The van der Waals surface area contributed by atoms with E-state index in [1.807, 2.05) is 0 Å². The van der Waals surface area contributed by atoms with Crippen LogP contribution in [0.1, 0.15) is 30.4 Å². The molecule has 0 heterocycles. The van der Waals surface area contributed by atoms with Crippen LogP contribution in [-0.4, -0.2) is 6.04 Å². The fourth-order valence-electron chi connectivity index (χ4n) is 1.77. The van der Waals surface area contributed by atoms with Crippen LogP contribution in [0.2, 0.25) is 0 Å². The number of nitrogens with one attached hydrogen (secondary N) is 1. The summed E-state index contributed by atoms with van der Waals surface area (Å²) in [5.74, 6) is -1.20. The van der Waals surface area contributed by atoms with Crippen molar-refractivity contribution in [2.24, 2.45) is 0 Å². The van der Waals surface area contributed by atoms with Crippen LogP contribution in [0.4, 0.5) is 17.6 Å².